The van der Waals surface area contributed by atoms with Crippen LogP contribution in [0.2, 0.25) is 13.1 Å². The summed E-state index contributed by atoms with van der Waals surface area (Å²) in [6.07, 6.45) is 48.5. The molecule has 0 saturated carbocycles. The Morgan fingerprint density at radius 1 is 0.489 bits per heavy atom. The van der Waals surface area contributed by atoms with Crippen LogP contribution in [-0.2, 0) is 13.6 Å². The van der Waals surface area contributed by atoms with Gasteiger partial charge in [0.15, 0.2) is 0 Å². The van der Waals surface area contributed by atoms with E-state index < -0.39 is 8.56 Å². The van der Waals surface area contributed by atoms with Gasteiger partial charge in [-0.3, -0.25) is 0 Å². The van der Waals surface area contributed by atoms with Crippen molar-refractivity contribution in [1.82, 2.24) is 0 Å². The summed E-state index contributed by atoms with van der Waals surface area (Å²) in [6.45, 7) is 10.6. The minimum Gasteiger partial charge on any atom is -0.394 e. The molecule has 3 nitrogen and oxygen atoms in total. The van der Waals surface area contributed by atoms with Crippen LogP contribution in [0.4, 0.5) is 0 Å². The molecule has 1 atom stereocenters. The monoisotopic (exact) mass is 743 g/mol. The lowest BCUT2D eigenvalue weighted by molar-refractivity contribution is -0.104. The van der Waals surface area contributed by atoms with Gasteiger partial charge in [-0.2, -0.15) is 0 Å². The van der Waals surface area contributed by atoms with E-state index in [0.29, 0.717) is 0 Å². The van der Waals surface area contributed by atoms with Crippen LogP contribution >= 0.6 is 15.9 Å². The van der Waals surface area contributed by atoms with Crippen molar-refractivity contribution < 1.29 is 13.6 Å². The van der Waals surface area contributed by atoms with E-state index >= 15 is 0 Å². The second-order valence-electron chi connectivity index (χ2n) is 14.4. The molecule has 0 radical (unpaired) electrons. The van der Waals surface area contributed by atoms with Crippen LogP contribution in [0, 0.1) is 0 Å². The average molecular weight is 744 g/mol. The van der Waals surface area contributed by atoms with Crippen LogP contribution in [-0.4, -0.2) is 33.4 Å². The van der Waals surface area contributed by atoms with Crippen LogP contribution in [0.3, 0.4) is 0 Å². The SMILES string of the molecule is CCCCC/C=C\C/C=C\CCCCCCCCOC(CCCCCCCCCCCCCCC)O[Si](C)(C)OCCCCCCBr. The van der Waals surface area contributed by atoms with Crippen molar-refractivity contribution >= 4 is 24.5 Å². The third-order valence-electron chi connectivity index (χ3n) is 9.08. The summed E-state index contributed by atoms with van der Waals surface area (Å²) >= 11 is 3.53. The second-order valence-corrected chi connectivity index (χ2v) is 18.5. The molecule has 0 N–H and O–H groups in total. The average Bonchev–Trinajstić information content (AvgIpc) is 3.06. The molecule has 0 amide bonds. The van der Waals surface area contributed by atoms with Gasteiger partial charge in [-0.1, -0.05) is 182 Å². The summed E-state index contributed by atoms with van der Waals surface area (Å²) in [5.74, 6) is 0. The molecule has 1 unspecified atom stereocenters. The highest BCUT2D eigenvalue weighted by Gasteiger charge is 2.29. The number of hydrogen-bond acceptors (Lipinski definition) is 3. The number of halogens is 1. The van der Waals surface area contributed by atoms with E-state index in [2.05, 4.69) is 67.2 Å². The molecule has 0 spiro atoms. The highest BCUT2D eigenvalue weighted by atomic mass is 79.9. The lowest BCUT2D eigenvalue weighted by Crippen LogP contribution is -2.40. The van der Waals surface area contributed by atoms with E-state index in [9.17, 15) is 0 Å². The van der Waals surface area contributed by atoms with E-state index in [1.165, 1.54) is 167 Å². The Labute approximate surface area is 305 Å². The smallest absolute Gasteiger partial charge is 0.333 e. The van der Waals surface area contributed by atoms with Crippen molar-refractivity contribution in [2.75, 3.05) is 18.5 Å². The van der Waals surface area contributed by atoms with E-state index in [0.717, 1.165) is 44.2 Å². The van der Waals surface area contributed by atoms with Gasteiger partial charge in [0, 0.05) is 18.5 Å². The van der Waals surface area contributed by atoms with Crippen molar-refractivity contribution in [2.24, 2.45) is 0 Å². The minimum atomic E-state index is -2.20. The first kappa shape index (κ1) is 47.1. The number of allylic oxidation sites excluding steroid dienone is 4. The largest absolute Gasteiger partial charge is 0.394 e. The molecule has 0 bridgehead atoms. The Morgan fingerprint density at radius 3 is 1.47 bits per heavy atom. The maximum Gasteiger partial charge on any atom is 0.333 e. The molecule has 0 fully saturated rings. The van der Waals surface area contributed by atoms with Crippen molar-refractivity contribution in [3.8, 4) is 0 Å². The van der Waals surface area contributed by atoms with Gasteiger partial charge in [-0.05, 0) is 77.3 Å². The normalized spacial score (nSPS) is 13.0. The molecular weight excluding hydrogens is 660 g/mol. The fraction of sp³-hybridized carbons (Fsp3) is 0.905. The van der Waals surface area contributed by atoms with Crippen molar-refractivity contribution in [3.05, 3.63) is 24.3 Å². The number of ether oxygens (including phenoxy) is 1. The molecule has 0 rings (SSSR count). The molecule has 0 aliphatic heterocycles. The third kappa shape index (κ3) is 38.7. The van der Waals surface area contributed by atoms with E-state index in [1.54, 1.807) is 0 Å². The first-order valence-corrected chi connectivity index (χ1v) is 24.8. The number of hydrogen-bond donors (Lipinski definition) is 0. The van der Waals surface area contributed by atoms with Crippen LogP contribution < -0.4 is 0 Å². The summed E-state index contributed by atoms with van der Waals surface area (Å²) in [4.78, 5) is 0. The Morgan fingerprint density at radius 2 is 0.915 bits per heavy atom. The Kier molecular flexibility index (Phi) is 38.9. The summed E-state index contributed by atoms with van der Waals surface area (Å²) < 4.78 is 19.3. The van der Waals surface area contributed by atoms with Gasteiger partial charge in [-0.25, -0.2) is 0 Å². The molecule has 47 heavy (non-hydrogen) atoms. The van der Waals surface area contributed by atoms with Gasteiger partial charge in [0.1, 0.15) is 6.29 Å². The number of unbranched alkanes of at least 4 members (excludes halogenated alkanes) is 24. The molecular formula is C42H83BrO3Si. The fourth-order valence-corrected chi connectivity index (χ4v) is 7.95. The summed E-state index contributed by atoms with van der Waals surface area (Å²) in [5.41, 5.74) is 0. The van der Waals surface area contributed by atoms with Gasteiger partial charge in [0.2, 0.25) is 0 Å². The quantitative estimate of drug-likeness (QED) is 0.0206. The molecule has 0 aromatic rings. The Balaban J connectivity index is 4.14. The summed E-state index contributed by atoms with van der Waals surface area (Å²) in [6, 6.07) is 0. The molecule has 0 saturated heterocycles. The molecule has 5 heteroatoms. The van der Waals surface area contributed by atoms with Crippen LogP contribution in [0.1, 0.15) is 206 Å². The van der Waals surface area contributed by atoms with Gasteiger partial charge >= 0.3 is 8.56 Å². The van der Waals surface area contributed by atoms with Gasteiger partial charge in [0.25, 0.3) is 0 Å². The van der Waals surface area contributed by atoms with Gasteiger partial charge < -0.3 is 13.6 Å². The standard InChI is InChI=1S/C42H83BrO3Si/c1-5-7-9-11-13-15-17-19-20-21-23-25-27-29-32-36-40-44-42(46-47(3,4)45-41-37-33-31-35-39-43)38-34-30-28-26-24-22-18-16-14-12-10-8-6-2/h13,15,19-20,42H,5-12,14,16-18,21-41H2,1-4H3/b15-13-,20-19-. The topological polar surface area (TPSA) is 27.7 Å². The zero-order valence-electron chi connectivity index (χ0n) is 32.3. The van der Waals surface area contributed by atoms with Crippen LogP contribution in [0.15, 0.2) is 24.3 Å². The van der Waals surface area contributed by atoms with E-state index in [1.807, 2.05) is 0 Å². The molecule has 0 aromatic carbocycles. The van der Waals surface area contributed by atoms with Gasteiger partial charge in [-0.15, -0.1) is 0 Å². The Bertz CT molecular complexity index is 654. The second kappa shape index (κ2) is 38.9. The van der Waals surface area contributed by atoms with Crippen molar-refractivity contribution in [1.29, 1.82) is 0 Å². The van der Waals surface area contributed by atoms with Crippen LogP contribution in [0.25, 0.3) is 0 Å². The maximum atomic E-state index is 6.58. The lowest BCUT2D eigenvalue weighted by atomic mass is 10.0. The fourth-order valence-electron chi connectivity index (χ4n) is 6.03. The van der Waals surface area contributed by atoms with Crippen LogP contribution in [0.5, 0.6) is 0 Å². The molecule has 0 aliphatic rings. The highest BCUT2D eigenvalue weighted by Crippen LogP contribution is 2.19. The van der Waals surface area contributed by atoms with E-state index in [4.69, 9.17) is 13.6 Å². The van der Waals surface area contributed by atoms with E-state index in [-0.39, 0.29) is 6.29 Å². The lowest BCUT2D eigenvalue weighted by Gasteiger charge is -2.29. The van der Waals surface area contributed by atoms with Crippen molar-refractivity contribution in [3.63, 3.8) is 0 Å². The highest BCUT2D eigenvalue weighted by molar-refractivity contribution is 9.09. The first-order chi connectivity index (χ1) is 23.1. The zero-order chi connectivity index (χ0) is 34.4. The predicted octanol–water partition coefficient (Wildman–Crippen LogP) is 15.3. The maximum absolute atomic E-state index is 6.58. The Hall–Kier alpha value is 0.0569. The van der Waals surface area contributed by atoms with Crippen molar-refractivity contribution in [2.45, 2.75) is 226 Å². The molecule has 280 valence electrons. The van der Waals surface area contributed by atoms with Gasteiger partial charge in [0.05, 0.1) is 0 Å². The third-order valence-corrected chi connectivity index (χ3v) is 11.4. The molecule has 0 heterocycles. The zero-order valence-corrected chi connectivity index (χ0v) is 34.9. The first-order valence-electron chi connectivity index (χ1n) is 20.8. The molecule has 0 aromatic heterocycles. The summed E-state index contributed by atoms with van der Waals surface area (Å²) in [7, 11) is -2.20. The minimum absolute atomic E-state index is 0.101. The molecule has 0 aliphatic carbocycles. The number of rotatable bonds is 39. The predicted molar refractivity (Wildman–Crippen MR) is 216 cm³/mol. The number of alkyl halides is 1. The summed E-state index contributed by atoms with van der Waals surface area (Å²) in [5, 5.41) is 1.10.